The van der Waals surface area contributed by atoms with Gasteiger partial charge in [-0.05, 0) is 12.1 Å². The molecule has 8 nitrogen and oxygen atoms in total. The second-order valence-corrected chi connectivity index (χ2v) is 6.24. The summed E-state index contributed by atoms with van der Waals surface area (Å²) in [4.78, 5) is 23.1. The van der Waals surface area contributed by atoms with E-state index in [0.29, 0.717) is 0 Å². The fourth-order valence-corrected chi connectivity index (χ4v) is 2.39. The van der Waals surface area contributed by atoms with Gasteiger partial charge >= 0.3 is 11.9 Å². The minimum atomic E-state index is -4.46. The molecule has 0 aliphatic carbocycles. The minimum absolute atomic E-state index is 0.0112. The monoisotopic (exact) mass is 327 g/mol. The van der Waals surface area contributed by atoms with Crippen molar-refractivity contribution in [2.45, 2.75) is 24.5 Å². The van der Waals surface area contributed by atoms with Crippen molar-refractivity contribution in [3.05, 3.63) is 36.0 Å². The number of ether oxygens (including phenoxy) is 2. The maximum Gasteiger partial charge on any atom is 0.350 e. The molecule has 0 aromatic heterocycles. The van der Waals surface area contributed by atoms with Crippen LogP contribution in [0.3, 0.4) is 0 Å². The Bertz CT molecular complexity index is 742. The summed E-state index contributed by atoms with van der Waals surface area (Å²) in [5.74, 6) is -3.17. The third kappa shape index (κ3) is 3.43. The Balaban J connectivity index is 2.30. The molecule has 0 atom stereocenters. The first-order chi connectivity index (χ1) is 10.1. The normalized spacial score (nSPS) is 17.5. The van der Waals surface area contributed by atoms with Gasteiger partial charge in [-0.3, -0.25) is 4.55 Å². The van der Waals surface area contributed by atoms with Gasteiger partial charge in [-0.2, -0.15) is 8.42 Å². The number of para-hydroxylation sites is 1. The first-order valence-electron chi connectivity index (χ1n) is 6.10. The molecule has 118 valence electrons. The molecule has 1 fully saturated rings. The lowest BCUT2D eigenvalue weighted by molar-refractivity contribution is -0.222. The molecule has 2 N–H and O–H groups in total. The van der Waals surface area contributed by atoms with Crippen molar-refractivity contribution >= 4 is 27.7 Å². The molecule has 1 aliphatic rings. The number of hydrogen-bond acceptors (Lipinski definition) is 7. The van der Waals surface area contributed by atoms with E-state index in [1.165, 1.54) is 32.0 Å². The molecule has 1 heterocycles. The highest BCUT2D eigenvalue weighted by Gasteiger charge is 2.39. The van der Waals surface area contributed by atoms with Gasteiger partial charge in [0.15, 0.2) is 5.57 Å². The fraction of sp³-hybridized carbons (Fsp3) is 0.231. The van der Waals surface area contributed by atoms with Gasteiger partial charge in [0.2, 0.25) is 0 Å². The van der Waals surface area contributed by atoms with Gasteiger partial charge in [-0.15, -0.1) is 0 Å². The Labute approximate surface area is 126 Å². The highest BCUT2D eigenvalue weighted by atomic mass is 32.2. The summed E-state index contributed by atoms with van der Waals surface area (Å²) in [5, 5.41) is 2.47. The molecule has 0 amide bonds. The summed E-state index contributed by atoms with van der Waals surface area (Å²) in [5.41, 5.74) is -0.438. The van der Waals surface area contributed by atoms with E-state index in [-0.39, 0.29) is 5.69 Å². The number of nitrogens with one attached hydrogen (secondary N) is 1. The van der Waals surface area contributed by atoms with Crippen LogP contribution in [-0.2, 0) is 29.2 Å². The molecule has 0 radical (unpaired) electrons. The molecule has 1 saturated heterocycles. The van der Waals surface area contributed by atoms with Crippen molar-refractivity contribution in [1.82, 2.24) is 0 Å². The summed E-state index contributed by atoms with van der Waals surface area (Å²) in [6.45, 7) is 2.81. The number of hydrogen-bond donors (Lipinski definition) is 2. The molecule has 1 aromatic carbocycles. The topological polar surface area (TPSA) is 119 Å². The maximum absolute atomic E-state index is 11.7. The molecule has 0 spiro atoms. The zero-order valence-electron chi connectivity index (χ0n) is 11.7. The van der Waals surface area contributed by atoms with E-state index in [0.717, 1.165) is 12.3 Å². The van der Waals surface area contributed by atoms with E-state index in [1.54, 1.807) is 0 Å². The van der Waals surface area contributed by atoms with Crippen molar-refractivity contribution < 1.29 is 32.0 Å². The SMILES string of the molecule is CC1(C)OC(=O)C(=CNc2ccccc2S(=O)(=O)O)C(=O)O1. The van der Waals surface area contributed by atoms with Crippen molar-refractivity contribution in [3.8, 4) is 0 Å². The van der Waals surface area contributed by atoms with E-state index >= 15 is 0 Å². The number of benzene rings is 1. The molecule has 0 unspecified atom stereocenters. The minimum Gasteiger partial charge on any atom is -0.419 e. The Morgan fingerprint density at radius 2 is 1.68 bits per heavy atom. The summed E-state index contributed by atoms with van der Waals surface area (Å²) < 4.78 is 41.3. The van der Waals surface area contributed by atoms with Crippen LogP contribution in [-0.4, -0.2) is 30.7 Å². The van der Waals surface area contributed by atoms with Crippen LogP contribution in [0.2, 0.25) is 0 Å². The Kier molecular flexibility index (Phi) is 3.94. The largest absolute Gasteiger partial charge is 0.419 e. The van der Waals surface area contributed by atoms with Gasteiger partial charge < -0.3 is 14.8 Å². The number of rotatable bonds is 3. The van der Waals surface area contributed by atoms with Gasteiger partial charge in [-0.25, -0.2) is 9.59 Å². The first kappa shape index (κ1) is 16.0. The van der Waals surface area contributed by atoms with E-state index in [2.05, 4.69) is 5.32 Å². The number of esters is 2. The second-order valence-electron chi connectivity index (χ2n) is 4.85. The average molecular weight is 327 g/mol. The van der Waals surface area contributed by atoms with Gasteiger partial charge in [0.25, 0.3) is 15.9 Å². The molecule has 1 aromatic rings. The lowest BCUT2D eigenvalue weighted by Crippen LogP contribution is -2.42. The molecule has 9 heteroatoms. The Morgan fingerprint density at radius 1 is 1.14 bits per heavy atom. The van der Waals surface area contributed by atoms with Crippen LogP contribution in [0.15, 0.2) is 40.9 Å². The van der Waals surface area contributed by atoms with E-state index in [9.17, 15) is 18.0 Å². The lowest BCUT2D eigenvalue weighted by atomic mass is 10.2. The number of cyclic esters (lactones) is 2. The van der Waals surface area contributed by atoms with Gasteiger partial charge in [-0.1, -0.05) is 12.1 Å². The highest BCUT2D eigenvalue weighted by Crippen LogP contribution is 2.24. The smallest absolute Gasteiger partial charge is 0.350 e. The van der Waals surface area contributed by atoms with Crippen molar-refractivity contribution in [3.63, 3.8) is 0 Å². The first-order valence-corrected chi connectivity index (χ1v) is 7.54. The van der Waals surface area contributed by atoms with E-state index < -0.39 is 38.3 Å². The molecular formula is C13H13NO7S. The number of carbonyl (C=O) groups excluding carboxylic acids is 2. The highest BCUT2D eigenvalue weighted by molar-refractivity contribution is 7.86. The standard InChI is InChI=1S/C13H13NO7S/c1-13(2)20-11(15)8(12(16)21-13)7-14-9-5-3-4-6-10(9)22(17,18)19/h3-7,14H,1-2H3,(H,17,18,19). The van der Waals surface area contributed by atoms with Crippen LogP contribution < -0.4 is 5.32 Å². The lowest BCUT2D eigenvalue weighted by Gasteiger charge is -2.29. The third-order valence-corrected chi connectivity index (χ3v) is 3.57. The molecule has 1 aliphatic heterocycles. The molecule has 2 rings (SSSR count). The van der Waals surface area contributed by atoms with Crippen molar-refractivity contribution in [1.29, 1.82) is 0 Å². The van der Waals surface area contributed by atoms with E-state index in [4.69, 9.17) is 14.0 Å². The fourth-order valence-electron chi connectivity index (χ4n) is 1.74. The van der Waals surface area contributed by atoms with Crippen molar-refractivity contribution in [2.75, 3.05) is 5.32 Å². The number of carbonyl (C=O) groups is 2. The quantitative estimate of drug-likeness (QED) is 0.366. The average Bonchev–Trinajstić information content (AvgIpc) is 2.35. The maximum atomic E-state index is 11.7. The van der Waals surface area contributed by atoms with Crippen molar-refractivity contribution in [2.24, 2.45) is 0 Å². The number of anilines is 1. The van der Waals surface area contributed by atoms with Crippen LogP contribution in [0.1, 0.15) is 13.8 Å². The van der Waals surface area contributed by atoms with E-state index in [1.807, 2.05) is 0 Å². The van der Waals surface area contributed by atoms with Gasteiger partial charge in [0.05, 0.1) is 5.69 Å². The summed E-state index contributed by atoms with van der Waals surface area (Å²) in [7, 11) is -4.46. The molecule has 0 bridgehead atoms. The van der Waals surface area contributed by atoms with Crippen LogP contribution in [0.4, 0.5) is 5.69 Å². The predicted molar refractivity (Wildman–Crippen MR) is 74.2 cm³/mol. The van der Waals surface area contributed by atoms with Gasteiger partial charge in [0, 0.05) is 20.0 Å². The van der Waals surface area contributed by atoms with Crippen LogP contribution >= 0.6 is 0 Å². The zero-order chi connectivity index (χ0) is 16.5. The summed E-state index contributed by atoms with van der Waals surface area (Å²) >= 11 is 0. The third-order valence-electron chi connectivity index (χ3n) is 2.65. The van der Waals surface area contributed by atoms with Crippen LogP contribution in [0.25, 0.3) is 0 Å². The second kappa shape index (κ2) is 5.43. The Hall–Kier alpha value is -2.39. The zero-order valence-corrected chi connectivity index (χ0v) is 12.5. The molecular weight excluding hydrogens is 314 g/mol. The summed E-state index contributed by atoms with van der Waals surface area (Å²) in [6, 6.07) is 5.43. The summed E-state index contributed by atoms with van der Waals surface area (Å²) in [6.07, 6.45) is 0.962. The van der Waals surface area contributed by atoms with Crippen LogP contribution in [0, 0.1) is 0 Å². The van der Waals surface area contributed by atoms with Gasteiger partial charge in [0.1, 0.15) is 4.90 Å². The predicted octanol–water partition coefficient (Wildman–Crippen LogP) is 1.07. The Morgan fingerprint density at radius 3 is 2.23 bits per heavy atom. The molecule has 0 saturated carbocycles. The van der Waals surface area contributed by atoms with Crippen LogP contribution in [0.5, 0.6) is 0 Å². The molecule has 22 heavy (non-hydrogen) atoms.